The van der Waals surface area contributed by atoms with Crippen LogP contribution in [-0.2, 0) is 6.54 Å². The Balaban J connectivity index is 2.26. The second-order valence-electron chi connectivity index (χ2n) is 3.28. The average Bonchev–Trinajstić information content (AvgIpc) is 2.63. The van der Waals surface area contributed by atoms with Crippen molar-refractivity contribution in [2.75, 3.05) is 0 Å². The summed E-state index contributed by atoms with van der Waals surface area (Å²) in [6, 6.07) is 7.45. The van der Waals surface area contributed by atoms with Crippen LogP contribution in [-0.4, -0.2) is 16.1 Å². The Morgan fingerprint density at radius 1 is 1.38 bits per heavy atom. The lowest BCUT2D eigenvalue weighted by atomic mass is 10.2. The highest BCUT2D eigenvalue weighted by atomic mass is 79.9. The van der Waals surface area contributed by atoms with Gasteiger partial charge in [-0.2, -0.15) is 5.10 Å². The number of benzene rings is 1. The number of hydrogen-bond acceptors (Lipinski definition) is 2. The van der Waals surface area contributed by atoms with Crippen LogP contribution in [0, 0.1) is 0 Å². The SMILES string of the molecule is O=Cc1c(Br)cnn1Cc1ccc(Cl)cc1. The fourth-order valence-corrected chi connectivity index (χ4v) is 1.89. The molecule has 0 radical (unpaired) electrons. The summed E-state index contributed by atoms with van der Waals surface area (Å²) in [6.45, 7) is 0.552. The Hall–Kier alpha value is -1.13. The first-order valence-corrected chi connectivity index (χ1v) is 5.78. The summed E-state index contributed by atoms with van der Waals surface area (Å²) in [5, 5.41) is 4.81. The molecule has 3 nitrogen and oxygen atoms in total. The van der Waals surface area contributed by atoms with E-state index >= 15 is 0 Å². The maximum absolute atomic E-state index is 10.8. The van der Waals surface area contributed by atoms with Crippen molar-refractivity contribution < 1.29 is 4.79 Å². The summed E-state index contributed by atoms with van der Waals surface area (Å²) in [5.74, 6) is 0. The van der Waals surface area contributed by atoms with Gasteiger partial charge in [0.05, 0.1) is 17.2 Å². The summed E-state index contributed by atoms with van der Waals surface area (Å²) in [5.41, 5.74) is 1.58. The quantitative estimate of drug-likeness (QED) is 0.816. The molecule has 0 aliphatic carbocycles. The van der Waals surface area contributed by atoms with Crippen LogP contribution in [0.3, 0.4) is 0 Å². The van der Waals surface area contributed by atoms with E-state index in [-0.39, 0.29) is 0 Å². The van der Waals surface area contributed by atoms with Gasteiger partial charge < -0.3 is 0 Å². The fourth-order valence-electron chi connectivity index (χ4n) is 1.38. The molecule has 1 aromatic heterocycles. The topological polar surface area (TPSA) is 34.9 Å². The molecule has 0 fully saturated rings. The first kappa shape index (κ1) is 11.4. The highest BCUT2D eigenvalue weighted by molar-refractivity contribution is 9.10. The molecule has 0 aliphatic heterocycles. The van der Waals surface area contributed by atoms with Crippen molar-refractivity contribution >= 4 is 33.8 Å². The number of halogens is 2. The van der Waals surface area contributed by atoms with Crippen molar-refractivity contribution in [3.63, 3.8) is 0 Å². The van der Waals surface area contributed by atoms with Gasteiger partial charge in [-0.25, -0.2) is 0 Å². The van der Waals surface area contributed by atoms with Gasteiger partial charge >= 0.3 is 0 Å². The van der Waals surface area contributed by atoms with E-state index in [0.29, 0.717) is 21.7 Å². The van der Waals surface area contributed by atoms with Crippen LogP contribution >= 0.6 is 27.5 Å². The third-order valence-electron chi connectivity index (χ3n) is 2.19. The zero-order valence-corrected chi connectivity index (χ0v) is 10.6. The summed E-state index contributed by atoms with van der Waals surface area (Å²) >= 11 is 9.06. The van der Waals surface area contributed by atoms with Crippen molar-refractivity contribution in [1.29, 1.82) is 0 Å². The zero-order valence-electron chi connectivity index (χ0n) is 8.23. The Labute approximate surface area is 106 Å². The maximum atomic E-state index is 10.8. The Morgan fingerprint density at radius 3 is 2.69 bits per heavy atom. The number of carbonyl (C=O) groups is 1. The molecule has 2 aromatic rings. The molecule has 0 spiro atoms. The van der Waals surface area contributed by atoms with E-state index in [1.807, 2.05) is 24.3 Å². The van der Waals surface area contributed by atoms with E-state index in [1.54, 1.807) is 10.9 Å². The van der Waals surface area contributed by atoms with E-state index in [4.69, 9.17) is 11.6 Å². The molecular formula is C11H8BrClN2O. The maximum Gasteiger partial charge on any atom is 0.169 e. The highest BCUT2D eigenvalue weighted by Gasteiger charge is 2.07. The smallest absolute Gasteiger partial charge is 0.169 e. The van der Waals surface area contributed by atoms with Crippen LogP contribution in [0.5, 0.6) is 0 Å². The summed E-state index contributed by atoms with van der Waals surface area (Å²) < 4.78 is 2.34. The van der Waals surface area contributed by atoms with Gasteiger partial charge in [-0.05, 0) is 33.6 Å². The van der Waals surface area contributed by atoms with Gasteiger partial charge in [-0.15, -0.1) is 0 Å². The van der Waals surface area contributed by atoms with Gasteiger partial charge in [0.2, 0.25) is 0 Å². The molecule has 0 amide bonds. The van der Waals surface area contributed by atoms with Crippen LogP contribution in [0.15, 0.2) is 34.9 Å². The molecule has 16 heavy (non-hydrogen) atoms. The predicted octanol–water partition coefficient (Wildman–Crippen LogP) is 3.16. The van der Waals surface area contributed by atoms with Gasteiger partial charge in [0.1, 0.15) is 5.69 Å². The minimum absolute atomic E-state index is 0.537. The summed E-state index contributed by atoms with van der Waals surface area (Å²) in [6.07, 6.45) is 2.40. The van der Waals surface area contributed by atoms with Crippen LogP contribution in [0.2, 0.25) is 5.02 Å². The fraction of sp³-hybridized carbons (Fsp3) is 0.0909. The van der Waals surface area contributed by atoms with E-state index in [1.165, 1.54) is 0 Å². The first-order valence-electron chi connectivity index (χ1n) is 4.61. The molecule has 5 heteroatoms. The molecule has 0 saturated carbocycles. The highest BCUT2D eigenvalue weighted by Crippen LogP contribution is 2.16. The minimum atomic E-state index is 0.537. The van der Waals surface area contributed by atoms with Gasteiger partial charge in [0, 0.05) is 5.02 Å². The number of carbonyl (C=O) groups excluding carboxylic acids is 1. The molecule has 0 aliphatic rings. The Morgan fingerprint density at radius 2 is 2.06 bits per heavy atom. The lowest BCUT2D eigenvalue weighted by Crippen LogP contribution is -2.05. The molecule has 0 unspecified atom stereocenters. The molecule has 0 N–H and O–H groups in total. The number of rotatable bonds is 3. The molecule has 2 rings (SSSR count). The first-order chi connectivity index (χ1) is 7.70. The van der Waals surface area contributed by atoms with Crippen molar-refractivity contribution in [3.05, 3.63) is 51.2 Å². The van der Waals surface area contributed by atoms with Gasteiger partial charge in [0.15, 0.2) is 6.29 Å². The second kappa shape index (κ2) is 4.80. The second-order valence-corrected chi connectivity index (χ2v) is 4.57. The van der Waals surface area contributed by atoms with E-state index in [0.717, 1.165) is 11.8 Å². The third kappa shape index (κ3) is 2.33. The number of aldehydes is 1. The number of aromatic nitrogens is 2. The summed E-state index contributed by atoms with van der Waals surface area (Å²) in [7, 11) is 0. The lowest BCUT2D eigenvalue weighted by Gasteiger charge is -2.03. The van der Waals surface area contributed by atoms with Crippen molar-refractivity contribution in [1.82, 2.24) is 9.78 Å². The molecule has 1 aromatic carbocycles. The van der Waals surface area contributed by atoms with Gasteiger partial charge in [-0.3, -0.25) is 9.48 Å². The normalized spacial score (nSPS) is 10.4. The lowest BCUT2D eigenvalue weighted by molar-refractivity contribution is 0.111. The molecule has 82 valence electrons. The predicted molar refractivity (Wildman–Crippen MR) is 65.9 cm³/mol. The largest absolute Gasteiger partial charge is 0.296 e. The van der Waals surface area contributed by atoms with Crippen molar-refractivity contribution in [2.24, 2.45) is 0 Å². The minimum Gasteiger partial charge on any atom is -0.296 e. The molecular weight excluding hydrogens is 291 g/mol. The molecule has 1 heterocycles. The molecule has 0 bridgehead atoms. The van der Waals surface area contributed by atoms with E-state index in [2.05, 4.69) is 21.0 Å². The van der Waals surface area contributed by atoms with E-state index in [9.17, 15) is 4.79 Å². The molecule has 0 saturated heterocycles. The summed E-state index contributed by atoms with van der Waals surface area (Å²) in [4.78, 5) is 10.8. The monoisotopic (exact) mass is 298 g/mol. The van der Waals surface area contributed by atoms with Crippen LogP contribution in [0.1, 0.15) is 16.1 Å². The number of hydrogen-bond donors (Lipinski definition) is 0. The van der Waals surface area contributed by atoms with Crippen LogP contribution in [0.4, 0.5) is 0 Å². The molecule has 0 atom stereocenters. The van der Waals surface area contributed by atoms with Gasteiger partial charge in [0.25, 0.3) is 0 Å². The van der Waals surface area contributed by atoms with Crippen molar-refractivity contribution in [3.8, 4) is 0 Å². The van der Waals surface area contributed by atoms with Crippen molar-refractivity contribution in [2.45, 2.75) is 6.54 Å². The zero-order chi connectivity index (χ0) is 11.5. The van der Waals surface area contributed by atoms with Crippen LogP contribution < -0.4 is 0 Å². The Bertz CT molecular complexity index is 507. The van der Waals surface area contributed by atoms with Gasteiger partial charge in [-0.1, -0.05) is 23.7 Å². The number of nitrogens with zero attached hydrogens (tertiary/aromatic N) is 2. The van der Waals surface area contributed by atoms with Crippen LogP contribution in [0.25, 0.3) is 0 Å². The average molecular weight is 300 g/mol. The standard InChI is InChI=1S/C11H8BrClN2O/c12-10-5-14-15(11(10)7-16)6-8-1-3-9(13)4-2-8/h1-5,7H,6H2. The third-order valence-corrected chi connectivity index (χ3v) is 3.05. The van der Waals surface area contributed by atoms with E-state index < -0.39 is 0 Å². The Kier molecular flexibility index (Phi) is 3.41.